The first-order valence-corrected chi connectivity index (χ1v) is 7.42. The second kappa shape index (κ2) is 6.11. The molecule has 5 heteroatoms. The molecule has 0 saturated carbocycles. The van der Waals surface area contributed by atoms with E-state index >= 15 is 0 Å². The average molecular weight is 307 g/mol. The predicted octanol–water partition coefficient (Wildman–Crippen LogP) is 2.65. The molecule has 0 unspecified atom stereocenters. The minimum Gasteiger partial charge on any atom is -0.390 e. The Hall–Kier alpha value is -2.84. The van der Waals surface area contributed by atoms with Crippen LogP contribution in [0, 0.1) is 18.3 Å². The molecule has 1 aliphatic rings. The van der Waals surface area contributed by atoms with Crippen molar-refractivity contribution < 1.29 is 9.90 Å². The third-order valence-corrected chi connectivity index (χ3v) is 4.11. The van der Waals surface area contributed by atoms with E-state index in [9.17, 15) is 9.90 Å². The molecular formula is C18H17N3O2. The lowest BCUT2D eigenvalue weighted by Gasteiger charge is -2.19. The fraction of sp³-hybridized carbons (Fsp3) is 0.222. The number of hydrogen-bond acceptors (Lipinski definition) is 3. The lowest BCUT2D eigenvalue weighted by molar-refractivity contribution is 0.144. The van der Waals surface area contributed by atoms with E-state index in [0.717, 1.165) is 16.7 Å². The molecule has 0 heterocycles. The monoisotopic (exact) mass is 307 g/mol. The number of carbonyl (C=O) groups excluding carboxylic acids is 1. The van der Waals surface area contributed by atoms with E-state index in [-0.39, 0.29) is 0 Å². The first-order valence-electron chi connectivity index (χ1n) is 7.42. The van der Waals surface area contributed by atoms with E-state index < -0.39 is 18.2 Å². The first-order chi connectivity index (χ1) is 11.1. The number of anilines is 1. The Morgan fingerprint density at radius 2 is 2.09 bits per heavy atom. The number of nitriles is 1. The van der Waals surface area contributed by atoms with Crippen molar-refractivity contribution in [3.8, 4) is 6.07 Å². The van der Waals surface area contributed by atoms with E-state index in [1.165, 1.54) is 0 Å². The summed E-state index contributed by atoms with van der Waals surface area (Å²) < 4.78 is 0. The van der Waals surface area contributed by atoms with Crippen molar-refractivity contribution in [3.63, 3.8) is 0 Å². The van der Waals surface area contributed by atoms with E-state index in [0.29, 0.717) is 17.7 Å². The number of benzene rings is 2. The maximum atomic E-state index is 12.3. The number of hydrogen-bond donors (Lipinski definition) is 3. The Morgan fingerprint density at radius 1 is 1.30 bits per heavy atom. The van der Waals surface area contributed by atoms with Crippen molar-refractivity contribution in [2.24, 2.45) is 0 Å². The molecule has 3 N–H and O–H groups in total. The Labute approximate surface area is 134 Å². The van der Waals surface area contributed by atoms with Crippen molar-refractivity contribution in [2.75, 3.05) is 5.32 Å². The average Bonchev–Trinajstić information content (AvgIpc) is 2.85. The number of amides is 2. The van der Waals surface area contributed by atoms with Crippen LogP contribution in [0.4, 0.5) is 10.5 Å². The summed E-state index contributed by atoms with van der Waals surface area (Å²) in [6.07, 6.45) is -0.103. The summed E-state index contributed by atoms with van der Waals surface area (Å²) in [6, 6.07) is 14.0. The molecule has 0 bridgehead atoms. The zero-order chi connectivity index (χ0) is 16.4. The molecule has 0 fully saturated rings. The van der Waals surface area contributed by atoms with Crippen LogP contribution in [0.1, 0.15) is 28.3 Å². The molecular weight excluding hydrogens is 290 g/mol. The van der Waals surface area contributed by atoms with Crippen molar-refractivity contribution in [3.05, 3.63) is 64.7 Å². The summed E-state index contributed by atoms with van der Waals surface area (Å²) in [4.78, 5) is 12.3. The van der Waals surface area contributed by atoms with Crippen LogP contribution >= 0.6 is 0 Å². The van der Waals surface area contributed by atoms with Gasteiger partial charge in [-0.25, -0.2) is 4.79 Å². The maximum absolute atomic E-state index is 12.3. The summed E-state index contributed by atoms with van der Waals surface area (Å²) in [7, 11) is 0. The summed E-state index contributed by atoms with van der Waals surface area (Å²) >= 11 is 0. The Bertz CT molecular complexity index is 795. The third-order valence-electron chi connectivity index (χ3n) is 4.11. The quantitative estimate of drug-likeness (QED) is 0.797. The van der Waals surface area contributed by atoms with Crippen molar-refractivity contribution in [1.29, 1.82) is 5.26 Å². The number of urea groups is 1. The fourth-order valence-corrected chi connectivity index (χ4v) is 2.87. The molecule has 3 rings (SSSR count). The highest BCUT2D eigenvalue weighted by Crippen LogP contribution is 2.31. The van der Waals surface area contributed by atoms with Crippen molar-refractivity contribution in [2.45, 2.75) is 25.5 Å². The van der Waals surface area contributed by atoms with Gasteiger partial charge in [0.25, 0.3) is 0 Å². The van der Waals surface area contributed by atoms with Crippen LogP contribution in [0.15, 0.2) is 42.5 Å². The van der Waals surface area contributed by atoms with Crippen LogP contribution in [0.3, 0.4) is 0 Å². The topological polar surface area (TPSA) is 85.2 Å². The van der Waals surface area contributed by atoms with Gasteiger partial charge in [-0.05, 0) is 35.7 Å². The highest BCUT2D eigenvalue weighted by atomic mass is 16.3. The lowest BCUT2D eigenvalue weighted by Crippen LogP contribution is -2.36. The Balaban J connectivity index is 1.75. The van der Waals surface area contributed by atoms with Crippen LogP contribution in [-0.2, 0) is 6.42 Å². The van der Waals surface area contributed by atoms with Crippen LogP contribution in [0.2, 0.25) is 0 Å². The van der Waals surface area contributed by atoms with Gasteiger partial charge in [-0.3, -0.25) is 0 Å². The zero-order valence-corrected chi connectivity index (χ0v) is 12.7. The van der Waals surface area contributed by atoms with E-state index in [1.807, 2.05) is 37.3 Å². The predicted molar refractivity (Wildman–Crippen MR) is 86.9 cm³/mol. The van der Waals surface area contributed by atoms with Gasteiger partial charge in [-0.1, -0.05) is 30.3 Å². The first kappa shape index (κ1) is 15.1. The third kappa shape index (κ3) is 3.03. The number of nitrogens with one attached hydrogen (secondary N) is 2. The standard InChI is InChI=1S/C18H17N3O2/c1-11-6-7-12(10-19)8-15(11)20-18(23)21-17-14-5-3-2-4-13(14)9-16(17)22/h2-8,16-17,22H,9H2,1H3,(H2,20,21,23)/t16-,17+/m0/s1. The van der Waals surface area contributed by atoms with Gasteiger partial charge in [0.2, 0.25) is 0 Å². The molecule has 5 nitrogen and oxygen atoms in total. The maximum Gasteiger partial charge on any atom is 0.319 e. The smallest absolute Gasteiger partial charge is 0.319 e. The molecule has 2 aromatic carbocycles. The van der Waals surface area contributed by atoms with Gasteiger partial charge in [-0.15, -0.1) is 0 Å². The molecule has 1 aliphatic carbocycles. The normalized spacial score (nSPS) is 18.8. The highest BCUT2D eigenvalue weighted by Gasteiger charge is 2.31. The molecule has 23 heavy (non-hydrogen) atoms. The number of rotatable bonds is 2. The van der Waals surface area contributed by atoms with Crippen LogP contribution in [0.5, 0.6) is 0 Å². The molecule has 2 atom stereocenters. The van der Waals surface area contributed by atoms with E-state index in [1.54, 1.807) is 18.2 Å². The van der Waals surface area contributed by atoms with Gasteiger partial charge < -0.3 is 15.7 Å². The molecule has 0 spiro atoms. The van der Waals surface area contributed by atoms with Gasteiger partial charge in [0.1, 0.15) is 0 Å². The highest BCUT2D eigenvalue weighted by molar-refractivity contribution is 5.90. The van der Waals surface area contributed by atoms with Gasteiger partial charge in [-0.2, -0.15) is 5.26 Å². The molecule has 0 radical (unpaired) electrons. The Morgan fingerprint density at radius 3 is 2.87 bits per heavy atom. The zero-order valence-electron chi connectivity index (χ0n) is 12.7. The van der Waals surface area contributed by atoms with E-state index in [2.05, 4.69) is 10.6 Å². The summed E-state index contributed by atoms with van der Waals surface area (Å²) in [5.74, 6) is 0. The second-order valence-electron chi connectivity index (χ2n) is 5.69. The number of nitrogens with zero attached hydrogens (tertiary/aromatic N) is 1. The Kier molecular flexibility index (Phi) is 4.00. The van der Waals surface area contributed by atoms with Gasteiger partial charge in [0, 0.05) is 12.1 Å². The SMILES string of the molecule is Cc1ccc(C#N)cc1NC(=O)N[C@@H]1c2ccccc2C[C@@H]1O. The van der Waals surface area contributed by atoms with Crippen molar-refractivity contribution >= 4 is 11.7 Å². The lowest BCUT2D eigenvalue weighted by atomic mass is 10.1. The van der Waals surface area contributed by atoms with Gasteiger partial charge in [0.15, 0.2) is 0 Å². The minimum absolute atomic E-state index is 0.399. The van der Waals surface area contributed by atoms with Crippen molar-refractivity contribution in [1.82, 2.24) is 5.32 Å². The number of aryl methyl sites for hydroxylation is 1. The van der Waals surface area contributed by atoms with Crippen LogP contribution in [-0.4, -0.2) is 17.2 Å². The number of aliphatic hydroxyl groups is 1. The van der Waals surface area contributed by atoms with Crippen LogP contribution < -0.4 is 10.6 Å². The van der Waals surface area contributed by atoms with Gasteiger partial charge in [0.05, 0.1) is 23.8 Å². The number of aliphatic hydroxyl groups excluding tert-OH is 1. The minimum atomic E-state index is -0.635. The summed E-state index contributed by atoms with van der Waals surface area (Å²) in [5.41, 5.74) is 3.93. The molecule has 116 valence electrons. The molecule has 0 aliphatic heterocycles. The van der Waals surface area contributed by atoms with E-state index in [4.69, 9.17) is 5.26 Å². The molecule has 0 saturated heterocycles. The second-order valence-corrected chi connectivity index (χ2v) is 5.69. The number of carbonyl (C=O) groups is 1. The molecule has 2 amide bonds. The number of fused-ring (bicyclic) bond motifs is 1. The summed E-state index contributed by atoms with van der Waals surface area (Å²) in [5, 5.41) is 24.7. The van der Waals surface area contributed by atoms with Crippen LogP contribution in [0.25, 0.3) is 0 Å². The fourth-order valence-electron chi connectivity index (χ4n) is 2.87. The largest absolute Gasteiger partial charge is 0.390 e. The van der Waals surface area contributed by atoms with Gasteiger partial charge >= 0.3 is 6.03 Å². The summed E-state index contributed by atoms with van der Waals surface area (Å²) in [6.45, 7) is 1.86. The molecule has 2 aromatic rings. The molecule has 0 aromatic heterocycles.